The Morgan fingerprint density at radius 2 is 2.00 bits per heavy atom. The number of benzene rings is 2. The molecule has 2 aromatic rings. The second kappa shape index (κ2) is 9.78. The van der Waals surface area contributed by atoms with E-state index < -0.39 is 10.8 Å². The van der Waals surface area contributed by atoms with Gasteiger partial charge in [0.2, 0.25) is 0 Å². The number of nitrogens with zero attached hydrogens (tertiary/aromatic N) is 1. The molecule has 27 heavy (non-hydrogen) atoms. The third kappa shape index (κ3) is 5.59. The number of nitro groups is 1. The summed E-state index contributed by atoms with van der Waals surface area (Å²) in [6.45, 7) is 2.90. The molecule has 8 heteroatoms. The average Bonchev–Trinajstić information content (AvgIpc) is 2.67. The van der Waals surface area contributed by atoms with Crippen molar-refractivity contribution >= 4 is 23.2 Å². The number of carbonyl (C=O) groups is 1. The van der Waals surface area contributed by atoms with Crippen LogP contribution in [0.25, 0.3) is 0 Å². The number of methoxy groups -OCH3 is 1. The molecule has 0 saturated carbocycles. The largest absolute Gasteiger partial charge is 0.493 e. The van der Waals surface area contributed by atoms with Crippen molar-refractivity contribution in [3.05, 3.63) is 62.7 Å². The minimum atomic E-state index is -0.574. The normalized spacial score (nSPS) is 10.3. The number of hydrogen-bond acceptors (Lipinski definition) is 5. The van der Waals surface area contributed by atoms with Crippen LogP contribution in [0.5, 0.6) is 11.5 Å². The van der Waals surface area contributed by atoms with Crippen LogP contribution >= 0.6 is 11.6 Å². The number of ether oxygens (including phenoxy) is 2. The molecule has 0 spiro atoms. The molecule has 0 bridgehead atoms. The van der Waals surface area contributed by atoms with Crippen molar-refractivity contribution in [3.8, 4) is 11.5 Å². The first-order valence-electron chi connectivity index (χ1n) is 8.48. The standard InChI is InChI=1S/C19H21ClN2O5/c1-3-4-9-27-17-8-5-13(10-18(17)26-2)12-21-19(23)15-11-14(22(24)25)6-7-16(15)20/h5-8,10-11H,3-4,9,12H2,1-2H3,(H,21,23). The summed E-state index contributed by atoms with van der Waals surface area (Å²) < 4.78 is 11.0. The zero-order chi connectivity index (χ0) is 19.8. The Morgan fingerprint density at radius 3 is 2.67 bits per heavy atom. The highest BCUT2D eigenvalue weighted by Crippen LogP contribution is 2.28. The van der Waals surface area contributed by atoms with E-state index >= 15 is 0 Å². The monoisotopic (exact) mass is 392 g/mol. The maximum atomic E-state index is 12.3. The van der Waals surface area contributed by atoms with Crippen LogP contribution in [-0.2, 0) is 6.54 Å². The van der Waals surface area contributed by atoms with Crippen molar-refractivity contribution in [2.45, 2.75) is 26.3 Å². The van der Waals surface area contributed by atoms with E-state index in [9.17, 15) is 14.9 Å². The number of non-ortho nitro benzene ring substituents is 1. The summed E-state index contributed by atoms with van der Waals surface area (Å²) in [4.78, 5) is 22.6. The van der Waals surface area contributed by atoms with Gasteiger partial charge >= 0.3 is 0 Å². The summed E-state index contributed by atoms with van der Waals surface area (Å²) in [7, 11) is 1.55. The summed E-state index contributed by atoms with van der Waals surface area (Å²) >= 11 is 5.99. The van der Waals surface area contributed by atoms with Gasteiger partial charge in [-0.2, -0.15) is 0 Å². The van der Waals surface area contributed by atoms with Gasteiger partial charge in [0.1, 0.15) is 0 Å². The van der Waals surface area contributed by atoms with Crippen LogP contribution in [-0.4, -0.2) is 24.5 Å². The molecule has 1 amide bonds. The molecule has 0 aliphatic rings. The highest BCUT2D eigenvalue weighted by molar-refractivity contribution is 6.33. The van der Waals surface area contributed by atoms with E-state index in [1.165, 1.54) is 12.1 Å². The predicted molar refractivity (Wildman–Crippen MR) is 103 cm³/mol. The Kier molecular flexibility index (Phi) is 7.43. The molecule has 1 N–H and O–H groups in total. The molecule has 0 aromatic heterocycles. The first-order chi connectivity index (χ1) is 13.0. The molecule has 0 aliphatic heterocycles. The summed E-state index contributed by atoms with van der Waals surface area (Å²) in [5.41, 5.74) is 0.654. The van der Waals surface area contributed by atoms with Crippen molar-refractivity contribution in [3.63, 3.8) is 0 Å². The molecule has 2 aromatic carbocycles. The van der Waals surface area contributed by atoms with Gasteiger partial charge in [-0.1, -0.05) is 31.0 Å². The number of rotatable bonds is 9. The fraction of sp³-hybridized carbons (Fsp3) is 0.316. The molecule has 7 nitrogen and oxygen atoms in total. The quantitative estimate of drug-likeness (QED) is 0.389. The van der Waals surface area contributed by atoms with Crippen LogP contribution < -0.4 is 14.8 Å². The van der Waals surface area contributed by atoms with Crippen molar-refractivity contribution in [2.24, 2.45) is 0 Å². The number of carbonyl (C=O) groups excluding carboxylic acids is 1. The van der Waals surface area contributed by atoms with Crippen molar-refractivity contribution < 1.29 is 19.2 Å². The first kappa shape index (κ1) is 20.5. The van der Waals surface area contributed by atoms with Crippen LogP contribution in [0.4, 0.5) is 5.69 Å². The van der Waals surface area contributed by atoms with Crippen molar-refractivity contribution in [1.29, 1.82) is 0 Å². The Labute approximate surface area is 162 Å². The zero-order valence-electron chi connectivity index (χ0n) is 15.2. The average molecular weight is 393 g/mol. The van der Waals surface area contributed by atoms with E-state index in [1.54, 1.807) is 19.2 Å². The maximum absolute atomic E-state index is 12.3. The summed E-state index contributed by atoms with van der Waals surface area (Å²) in [6.07, 6.45) is 1.98. The summed E-state index contributed by atoms with van der Waals surface area (Å²) in [5.74, 6) is 0.722. The fourth-order valence-corrected chi connectivity index (χ4v) is 2.55. The Bertz CT molecular complexity index is 826. The van der Waals surface area contributed by atoms with Crippen molar-refractivity contribution in [1.82, 2.24) is 5.32 Å². The molecule has 0 radical (unpaired) electrons. The zero-order valence-corrected chi connectivity index (χ0v) is 15.9. The van der Waals surface area contributed by atoms with E-state index in [4.69, 9.17) is 21.1 Å². The van der Waals surface area contributed by atoms with Crippen molar-refractivity contribution in [2.75, 3.05) is 13.7 Å². The summed E-state index contributed by atoms with van der Waals surface area (Å²) in [6, 6.07) is 9.12. The minimum absolute atomic E-state index is 0.0531. The second-order valence-electron chi connectivity index (χ2n) is 5.79. The van der Waals surface area contributed by atoms with E-state index in [-0.39, 0.29) is 22.8 Å². The highest BCUT2D eigenvalue weighted by atomic mass is 35.5. The van der Waals surface area contributed by atoms with E-state index in [0.717, 1.165) is 24.5 Å². The maximum Gasteiger partial charge on any atom is 0.270 e. The van der Waals surface area contributed by atoms with Crippen LogP contribution in [0.2, 0.25) is 5.02 Å². The molecule has 0 aliphatic carbocycles. The Balaban J connectivity index is 2.06. The summed E-state index contributed by atoms with van der Waals surface area (Å²) in [5, 5.41) is 13.7. The number of nitro benzene ring substituents is 1. The van der Waals surface area contributed by atoms with Crippen LogP contribution in [0.15, 0.2) is 36.4 Å². The number of unbranched alkanes of at least 4 members (excludes halogenated alkanes) is 1. The topological polar surface area (TPSA) is 90.7 Å². The third-order valence-corrected chi connectivity index (χ3v) is 4.17. The lowest BCUT2D eigenvalue weighted by Crippen LogP contribution is -2.23. The van der Waals surface area contributed by atoms with Crippen LogP contribution in [0, 0.1) is 10.1 Å². The lowest BCUT2D eigenvalue weighted by molar-refractivity contribution is -0.384. The number of hydrogen-bond donors (Lipinski definition) is 1. The molecular weight excluding hydrogens is 372 g/mol. The van der Waals surface area contributed by atoms with Gasteiger partial charge in [0, 0.05) is 18.7 Å². The fourth-order valence-electron chi connectivity index (χ4n) is 2.35. The van der Waals surface area contributed by atoms with Gasteiger partial charge in [-0.05, 0) is 30.2 Å². The highest BCUT2D eigenvalue weighted by Gasteiger charge is 2.16. The molecule has 0 unspecified atom stereocenters. The SMILES string of the molecule is CCCCOc1ccc(CNC(=O)c2cc([N+](=O)[O-])ccc2Cl)cc1OC. The lowest BCUT2D eigenvalue weighted by Gasteiger charge is -2.12. The van der Waals surface area contributed by atoms with E-state index in [0.29, 0.717) is 18.1 Å². The minimum Gasteiger partial charge on any atom is -0.493 e. The van der Waals surface area contributed by atoms with Gasteiger partial charge in [-0.3, -0.25) is 14.9 Å². The van der Waals surface area contributed by atoms with Crippen LogP contribution in [0.1, 0.15) is 35.7 Å². The predicted octanol–water partition coefficient (Wildman–Crippen LogP) is 4.37. The second-order valence-corrected chi connectivity index (χ2v) is 6.20. The first-order valence-corrected chi connectivity index (χ1v) is 8.86. The molecule has 0 saturated heterocycles. The van der Waals surface area contributed by atoms with Gasteiger partial charge in [-0.15, -0.1) is 0 Å². The Hall–Kier alpha value is -2.80. The molecule has 2 rings (SSSR count). The van der Waals surface area contributed by atoms with Gasteiger partial charge in [0.15, 0.2) is 11.5 Å². The van der Waals surface area contributed by atoms with Gasteiger partial charge in [0.25, 0.3) is 11.6 Å². The number of amides is 1. The molecule has 0 fully saturated rings. The molecule has 144 valence electrons. The van der Waals surface area contributed by atoms with Crippen LogP contribution in [0.3, 0.4) is 0 Å². The third-order valence-electron chi connectivity index (χ3n) is 3.84. The molecule has 0 atom stereocenters. The van der Waals surface area contributed by atoms with E-state index in [2.05, 4.69) is 12.2 Å². The molecule has 0 heterocycles. The molecular formula is C19H21ClN2O5. The van der Waals surface area contributed by atoms with Gasteiger partial charge < -0.3 is 14.8 Å². The lowest BCUT2D eigenvalue weighted by atomic mass is 10.1. The smallest absolute Gasteiger partial charge is 0.270 e. The van der Waals surface area contributed by atoms with E-state index in [1.807, 2.05) is 6.07 Å². The number of halogens is 1. The number of nitrogens with one attached hydrogen (secondary N) is 1. The Morgan fingerprint density at radius 1 is 1.22 bits per heavy atom. The van der Waals surface area contributed by atoms with Gasteiger partial charge in [-0.25, -0.2) is 0 Å². The van der Waals surface area contributed by atoms with Gasteiger partial charge in [0.05, 0.1) is 29.2 Å².